The van der Waals surface area contributed by atoms with E-state index in [1.807, 2.05) is 7.11 Å². The lowest BCUT2D eigenvalue weighted by atomic mass is 9.91. The van der Waals surface area contributed by atoms with Gasteiger partial charge in [0.2, 0.25) is 0 Å². The predicted molar refractivity (Wildman–Crippen MR) is 388 cm³/mol. The fraction of sp³-hybridized carbons (Fsp3) is 0.988. The van der Waals surface area contributed by atoms with E-state index >= 15 is 0 Å². The first-order valence-electron chi connectivity index (χ1n) is 41.4. The lowest BCUT2D eigenvalue weighted by Gasteiger charge is -2.22. The Balaban J connectivity index is 1.76. The minimum absolute atomic E-state index is 0.471. The van der Waals surface area contributed by atoms with Gasteiger partial charge < -0.3 is 14.9 Å². The summed E-state index contributed by atoms with van der Waals surface area (Å²) in [5.74, 6) is 1.50. The summed E-state index contributed by atoms with van der Waals surface area (Å²) in [5.41, 5.74) is 0. The highest BCUT2D eigenvalue weighted by Gasteiger charge is 2.35. The molecule has 4 heteroatoms. The molecule has 0 aliphatic heterocycles. The van der Waals surface area contributed by atoms with Gasteiger partial charge in [0.15, 0.2) is 0 Å². The SMILES string of the molecule is CCCCCCCCCCCCCCCCCCCCCCC(C(=O)O)C(O)CCCCCCCCCCCCCCCCCC1CC1CCCCCCCCCCCCCCCCC(OC)C(C)CCCCCCCCCCCCCCCCCC. The van der Waals surface area contributed by atoms with E-state index < -0.39 is 18.0 Å². The minimum Gasteiger partial charge on any atom is -0.481 e. The monoisotopic (exact) mass is 1230 g/mol. The summed E-state index contributed by atoms with van der Waals surface area (Å²) in [6.45, 7) is 7.05. The molecule has 87 heavy (non-hydrogen) atoms. The molecule has 0 aromatic carbocycles. The average molecular weight is 1230 g/mol. The minimum atomic E-state index is -0.798. The number of hydrogen-bond donors (Lipinski definition) is 2. The fourth-order valence-corrected chi connectivity index (χ4v) is 15.1. The maximum atomic E-state index is 12.0. The highest BCUT2D eigenvalue weighted by atomic mass is 16.5. The van der Waals surface area contributed by atoms with Gasteiger partial charge in [-0.2, -0.15) is 0 Å². The summed E-state index contributed by atoms with van der Waals surface area (Å²) in [6, 6.07) is 0. The first kappa shape index (κ1) is 84.4. The molecule has 1 aliphatic rings. The average Bonchev–Trinajstić information content (AvgIpc) is 3.66. The topological polar surface area (TPSA) is 66.8 Å². The molecule has 2 N–H and O–H groups in total. The third-order valence-corrected chi connectivity index (χ3v) is 21.6. The van der Waals surface area contributed by atoms with E-state index in [1.54, 1.807) is 6.42 Å². The van der Waals surface area contributed by atoms with Gasteiger partial charge >= 0.3 is 5.97 Å². The van der Waals surface area contributed by atoms with Crippen LogP contribution in [0.2, 0.25) is 0 Å². The summed E-state index contributed by atoms with van der Waals surface area (Å²) in [6.07, 6.45) is 99.2. The molecule has 0 bridgehead atoms. The van der Waals surface area contributed by atoms with Gasteiger partial charge in [-0.25, -0.2) is 0 Å². The second kappa shape index (κ2) is 69.7. The molecule has 1 rings (SSSR count). The van der Waals surface area contributed by atoms with Crippen molar-refractivity contribution in [2.45, 2.75) is 495 Å². The predicted octanol–water partition coefficient (Wildman–Crippen LogP) is 29.1. The number of carboxylic acids is 1. The molecule has 520 valence electrons. The molecule has 0 aromatic heterocycles. The van der Waals surface area contributed by atoms with Crippen LogP contribution >= 0.6 is 0 Å². The maximum Gasteiger partial charge on any atom is 0.309 e. The van der Waals surface area contributed by atoms with Crippen LogP contribution in [0.15, 0.2) is 0 Å². The zero-order valence-electron chi connectivity index (χ0n) is 60.6. The largest absolute Gasteiger partial charge is 0.481 e. The Hall–Kier alpha value is -0.610. The van der Waals surface area contributed by atoms with E-state index in [1.165, 1.54) is 417 Å². The van der Waals surface area contributed by atoms with Gasteiger partial charge in [0.25, 0.3) is 0 Å². The van der Waals surface area contributed by atoms with Crippen LogP contribution in [0.25, 0.3) is 0 Å². The first-order chi connectivity index (χ1) is 42.9. The van der Waals surface area contributed by atoms with Crippen LogP contribution in [0.3, 0.4) is 0 Å². The van der Waals surface area contributed by atoms with Gasteiger partial charge in [-0.15, -0.1) is 0 Å². The smallest absolute Gasteiger partial charge is 0.309 e. The molecule has 6 atom stereocenters. The van der Waals surface area contributed by atoms with Gasteiger partial charge in [0.1, 0.15) is 0 Å². The van der Waals surface area contributed by atoms with Crippen molar-refractivity contribution in [2.24, 2.45) is 23.7 Å². The van der Waals surface area contributed by atoms with E-state index in [0.29, 0.717) is 24.9 Å². The number of aliphatic carboxylic acids is 1. The zero-order valence-corrected chi connectivity index (χ0v) is 60.6. The van der Waals surface area contributed by atoms with E-state index in [2.05, 4.69) is 20.8 Å². The fourth-order valence-electron chi connectivity index (χ4n) is 15.1. The molecule has 6 unspecified atom stereocenters. The number of hydrogen-bond acceptors (Lipinski definition) is 3. The Bertz CT molecular complexity index is 1300. The Morgan fingerprint density at radius 2 is 0.517 bits per heavy atom. The van der Waals surface area contributed by atoms with Crippen LogP contribution in [-0.2, 0) is 9.53 Å². The van der Waals surface area contributed by atoms with Gasteiger partial charge in [-0.3, -0.25) is 4.79 Å². The molecular weight excluding hydrogens is 1060 g/mol. The highest BCUT2D eigenvalue weighted by Crippen LogP contribution is 2.46. The van der Waals surface area contributed by atoms with Crippen LogP contribution < -0.4 is 0 Å². The first-order valence-corrected chi connectivity index (χ1v) is 41.4. The number of aliphatic hydroxyl groups is 1. The van der Waals surface area contributed by atoms with Crippen LogP contribution in [0, 0.1) is 23.7 Å². The molecule has 0 aromatic rings. The zero-order chi connectivity index (χ0) is 62.7. The van der Waals surface area contributed by atoms with Crippen LogP contribution in [-0.4, -0.2) is 35.5 Å². The van der Waals surface area contributed by atoms with Crippen molar-refractivity contribution < 1.29 is 19.7 Å². The van der Waals surface area contributed by atoms with E-state index in [9.17, 15) is 15.0 Å². The number of unbranched alkanes of at least 4 members (excludes halogenated alkanes) is 61. The highest BCUT2D eigenvalue weighted by molar-refractivity contribution is 5.70. The standard InChI is InChI=1S/C83H164O4/c1-5-7-9-11-13-15-17-19-21-23-24-25-26-30-37-43-49-55-61-67-73-80(83(85)86)81(84)74-68-62-56-50-44-38-31-27-29-35-41-47-53-59-65-71-78-76-79(78)72-66-60-54-48-42-36-32-33-39-45-51-57-63-69-75-82(87-4)77(3)70-64-58-52-46-40-34-28-22-20-18-16-14-12-10-8-6-2/h77-82,84H,5-76H2,1-4H3,(H,85,86). The second-order valence-electron chi connectivity index (χ2n) is 30.0. The van der Waals surface area contributed by atoms with Gasteiger partial charge in [-0.1, -0.05) is 451 Å². The maximum absolute atomic E-state index is 12.0. The van der Waals surface area contributed by atoms with Crippen LogP contribution in [0.4, 0.5) is 0 Å². The van der Waals surface area contributed by atoms with Crippen molar-refractivity contribution >= 4 is 5.97 Å². The lowest BCUT2D eigenvalue weighted by molar-refractivity contribution is -0.146. The molecule has 4 nitrogen and oxygen atoms in total. The van der Waals surface area contributed by atoms with E-state index in [-0.39, 0.29) is 0 Å². The Morgan fingerprint density at radius 1 is 0.310 bits per heavy atom. The normalized spacial score (nSPS) is 15.6. The summed E-state index contributed by atoms with van der Waals surface area (Å²) in [4.78, 5) is 12.0. The number of rotatable bonds is 77. The number of ether oxygens (including phenoxy) is 1. The van der Waals surface area contributed by atoms with Crippen molar-refractivity contribution in [3.63, 3.8) is 0 Å². The van der Waals surface area contributed by atoms with Gasteiger partial charge in [0, 0.05) is 7.11 Å². The Labute approximate surface area is 549 Å². The van der Waals surface area contributed by atoms with Crippen molar-refractivity contribution in [3.8, 4) is 0 Å². The van der Waals surface area contributed by atoms with E-state index in [4.69, 9.17) is 4.74 Å². The molecule has 0 amide bonds. The Kier molecular flexibility index (Phi) is 67.6. The summed E-state index contributed by atoms with van der Waals surface area (Å²) in [7, 11) is 1.96. The summed E-state index contributed by atoms with van der Waals surface area (Å²) >= 11 is 0. The number of methoxy groups -OCH3 is 1. The van der Waals surface area contributed by atoms with Gasteiger partial charge in [0.05, 0.1) is 18.1 Å². The second-order valence-corrected chi connectivity index (χ2v) is 30.0. The third-order valence-electron chi connectivity index (χ3n) is 21.6. The summed E-state index contributed by atoms with van der Waals surface area (Å²) in [5, 5.41) is 20.6. The number of carboxylic acid groups (broad SMARTS) is 1. The molecule has 0 radical (unpaired) electrons. The summed E-state index contributed by atoms with van der Waals surface area (Å²) < 4.78 is 5.98. The van der Waals surface area contributed by atoms with Crippen LogP contribution in [0.1, 0.15) is 483 Å². The number of carbonyl (C=O) groups is 1. The molecule has 1 saturated carbocycles. The van der Waals surface area contributed by atoms with Crippen molar-refractivity contribution in [1.29, 1.82) is 0 Å². The third kappa shape index (κ3) is 61.3. The van der Waals surface area contributed by atoms with E-state index in [0.717, 1.165) is 37.5 Å². The lowest BCUT2D eigenvalue weighted by Crippen LogP contribution is -2.28. The quantitative estimate of drug-likeness (QED) is 0.0596. The van der Waals surface area contributed by atoms with Crippen molar-refractivity contribution in [3.05, 3.63) is 0 Å². The van der Waals surface area contributed by atoms with Crippen molar-refractivity contribution in [1.82, 2.24) is 0 Å². The molecular formula is C83H164O4. The molecule has 0 spiro atoms. The van der Waals surface area contributed by atoms with Crippen LogP contribution in [0.5, 0.6) is 0 Å². The molecule has 0 heterocycles. The molecule has 1 fully saturated rings. The molecule has 0 saturated heterocycles. The number of aliphatic hydroxyl groups excluding tert-OH is 1. The van der Waals surface area contributed by atoms with Crippen molar-refractivity contribution in [2.75, 3.05) is 7.11 Å². The Morgan fingerprint density at radius 3 is 0.759 bits per heavy atom. The molecule has 1 aliphatic carbocycles. The van der Waals surface area contributed by atoms with Gasteiger partial charge in [-0.05, 0) is 49.9 Å².